The van der Waals surface area contributed by atoms with Crippen LogP contribution in [0.15, 0.2) is 48.5 Å². The van der Waals surface area contributed by atoms with E-state index in [1.165, 1.54) is 5.56 Å². The van der Waals surface area contributed by atoms with Crippen molar-refractivity contribution in [2.45, 2.75) is 47.0 Å². The van der Waals surface area contributed by atoms with E-state index in [1.54, 1.807) is 0 Å². The molecule has 0 unspecified atom stereocenters. The van der Waals surface area contributed by atoms with Crippen molar-refractivity contribution < 1.29 is 21.9 Å². The van der Waals surface area contributed by atoms with Crippen LogP contribution in [-0.2, 0) is 22.5 Å². The zero-order valence-electron chi connectivity index (χ0n) is 13.9. The predicted molar refractivity (Wildman–Crippen MR) is 86.6 cm³/mol. The van der Waals surface area contributed by atoms with E-state index in [2.05, 4.69) is 45.0 Å². The Morgan fingerprint density at radius 3 is 1.62 bits per heavy atom. The Morgan fingerprint density at radius 2 is 1.33 bits per heavy atom. The van der Waals surface area contributed by atoms with Gasteiger partial charge in [-0.15, -0.1) is 0 Å². The molecule has 0 heterocycles. The van der Waals surface area contributed by atoms with Crippen molar-refractivity contribution in [1.29, 1.82) is 0 Å². The van der Waals surface area contributed by atoms with Crippen LogP contribution in [0.1, 0.15) is 57.5 Å². The standard InChI is InChI=1S/C10H13O.C9H13.Fe/c1-10(2,3)9(11)8-6-4-5-7-8;1-9(2,3)8-6-4-5-7-8;/h4-7H,1-3H3;4-7H,1-3H3;/q-1;-5;. The van der Waals surface area contributed by atoms with Crippen molar-refractivity contribution in [3.8, 4) is 0 Å². The summed E-state index contributed by atoms with van der Waals surface area (Å²) < 4.78 is 0. The van der Waals surface area contributed by atoms with Gasteiger partial charge < -0.3 is 34.6 Å². The van der Waals surface area contributed by atoms with E-state index in [4.69, 9.17) is 0 Å². The molecular formula is C19H26FeO-6. The summed E-state index contributed by atoms with van der Waals surface area (Å²) >= 11 is 0. The number of hydrogen-bond acceptors (Lipinski definition) is 1. The predicted octanol–water partition coefficient (Wildman–Crippen LogP) is 5.33. The first-order valence-corrected chi connectivity index (χ1v) is 7.11. The van der Waals surface area contributed by atoms with Crippen LogP contribution in [-0.4, -0.2) is 5.78 Å². The first-order valence-electron chi connectivity index (χ1n) is 7.11. The van der Waals surface area contributed by atoms with Crippen LogP contribution in [0.3, 0.4) is 0 Å². The molecule has 21 heavy (non-hydrogen) atoms. The molecule has 0 N–H and O–H groups in total. The minimum atomic E-state index is -0.256. The summed E-state index contributed by atoms with van der Waals surface area (Å²) in [4.78, 5) is 11.5. The van der Waals surface area contributed by atoms with Crippen molar-refractivity contribution in [3.63, 3.8) is 0 Å². The zero-order chi connectivity index (χ0) is 15.4. The summed E-state index contributed by atoms with van der Waals surface area (Å²) in [5, 5.41) is 0. The zero-order valence-corrected chi connectivity index (χ0v) is 15.0. The molecule has 2 rings (SSSR count). The molecule has 0 spiro atoms. The number of ketones is 1. The molecule has 1 nitrogen and oxygen atoms in total. The molecule has 0 aromatic heterocycles. The smallest absolute Gasteiger partial charge is 0.114 e. The molecule has 0 aliphatic rings. The van der Waals surface area contributed by atoms with E-state index in [-0.39, 0.29) is 28.3 Å². The van der Waals surface area contributed by atoms with Crippen LogP contribution in [0.5, 0.6) is 0 Å². The molecular weight excluding hydrogens is 300 g/mol. The van der Waals surface area contributed by atoms with Crippen LogP contribution in [0.25, 0.3) is 0 Å². The van der Waals surface area contributed by atoms with Gasteiger partial charge in [0.1, 0.15) is 5.78 Å². The summed E-state index contributed by atoms with van der Waals surface area (Å²) in [6, 6.07) is 16.0. The van der Waals surface area contributed by atoms with Crippen molar-refractivity contribution in [3.05, 3.63) is 59.7 Å². The van der Waals surface area contributed by atoms with Crippen molar-refractivity contribution >= 4 is 5.78 Å². The maximum absolute atomic E-state index is 11.5. The van der Waals surface area contributed by atoms with Crippen molar-refractivity contribution in [2.24, 2.45) is 5.41 Å². The Morgan fingerprint density at radius 1 is 0.905 bits per heavy atom. The van der Waals surface area contributed by atoms with Gasteiger partial charge in [0, 0.05) is 22.5 Å². The third-order valence-corrected chi connectivity index (χ3v) is 3.13. The number of carbonyl (C=O) groups excluding carboxylic acids is 1. The van der Waals surface area contributed by atoms with Crippen LogP contribution in [0.2, 0.25) is 0 Å². The van der Waals surface area contributed by atoms with Crippen molar-refractivity contribution in [2.75, 3.05) is 0 Å². The molecule has 0 saturated heterocycles. The third kappa shape index (κ3) is 6.46. The Labute approximate surface area is 140 Å². The second-order valence-electron chi connectivity index (χ2n) is 7.18. The first kappa shape index (κ1) is 19.9. The van der Waals surface area contributed by atoms with Gasteiger partial charge >= 0.3 is 0 Å². The van der Waals surface area contributed by atoms with E-state index in [0.29, 0.717) is 5.41 Å². The largest absolute Gasteiger partial charge is 0.748 e. The van der Waals surface area contributed by atoms with Gasteiger partial charge in [-0.05, 0) is 0 Å². The summed E-state index contributed by atoms with van der Waals surface area (Å²) in [7, 11) is 0. The minimum Gasteiger partial charge on any atom is -0.748 e. The van der Waals surface area contributed by atoms with E-state index in [0.717, 1.165) is 5.56 Å². The Hall–Kier alpha value is -1.11. The van der Waals surface area contributed by atoms with E-state index >= 15 is 0 Å². The van der Waals surface area contributed by atoms with Gasteiger partial charge in [0.15, 0.2) is 0 Å². The van der Waals surface area contributed by atoms with Gasteiger partial charge in [0.2, 0.25) is 0 Å². The Kier molecular flexibility index (Phi) is 7.36. The van der Waals surface area contributed by atoms with Crippen LogP contribution in [0.4, 0.5) is 0 Å². The molecule has 0 fully saturated rings. The fraction of sp³-hybridized carbons (Fsp3) is 0.421. The Balaban J connectivity index is 0.000000370. The molecule has 2 aromatic carbocycles. The monoisotopic (exact) mass is 326 g/mol. The number of hydrogen-bond donors (Lipinski definition) is 0. The van der Waals surface area contributed by atoms with Gasteiger partial charge in [0.05, 0.1) is 0 Å². The number of carbonyl (C=O) groups is 1. The third-order valence-electron chi connectivity index (χ3n) is 3.13. The summed E-state index contributed by atoms with van der Waals surface area (Å²) in [6.45, 7) is 12.5. The molecule has 0 atom stereocenters. The summed E-state index contributed by atoms with van der Waals surface area (Å²) in [6.07, 6.45) is 0. The van der Waals surface area contributed by atoms with E-state index in [1.807, 2.05) is 45.0 Å². The second-order valence-corrected chi connectivity index (χ2v) is 7.18. The minimum absolute atomic E-state index is 0. The molecule has 0 aliphatic heterocycles. The molecule has 0 saturated carbocycles. The van der Waals surface area contributed by atoms with Crippen LogP contribution >= 0.6 is 0 Å². The average Bonchev–Trinajstić information content (AvgIpc) is 3.00. The van der Waals surface area contributed by atoms with E-state index in [9.17, 15) is 4.79 Å². The molecule has 122 valence electrons. The Bertz CT molecular complexity index is 505. The average molecular weight is 326 g/mol. The normalized spacial score (nSPS) is 11.1. The molecule has 2 heteroatoms. The SMILES string of the molecule is CC(C)(C)C(=O)[c-]1cccc1.CC(C)(C)[c-]1[cH-][cH-][cH-][cH-]1.[Fe]. The van der Waals surface area contributed by atoms with Gasteiger partial charge in [-0.2, -0.15) is 12.1 Å². The molecule has 0 amide bonds. The fourth-order valence-corrected chi connectivity index (χ4v) is 1.83. The van der Waals surface area contributed by atoms with Gasteiger partial charge in [-0.25, -0.2) is 17.5 Å². The van der Waals surface area contributed by atoms with Gasteiger partial charge in [-0.3, -0.25) is 0 Å². The molecule has 2 aromatic rings. The topological polar surface area (TPSA) is 17.1 Å². The van der Waals surface area contributed by atoms with Gasteiger partial charge in [0.25, 0.3) is 0 Å². The van der Waals surface area contributed by atoms with Crippen LogP contribution < -0.4 is 0 Å². The fourth-order valence-electron chi connectivity index (χ4n) is 1.83. The number of Topliss-reactive ketones (excluding diaryl/α,β-unsaturated/α-hetero) is 1. The molecule has 0 radical (unpaired) electrons. The summed E-state index contributed by atoms with van der Waals surface area (Å²) in [5.74, 6) is 0.211. The first-order chi connectivity index (χ1) is 9.12. The molecule has 0 bridgehead atoms. The molecule has 0 aliphatic carbocycles. The maximum Gasteiger partial charge on any atom is 0.114 e. The van der Waals surface area contributed by atoms with Crippen LogP contribution in [0, 0.1) is 5.41 Å². The van der Waals surface area contributed by atoms with E-state index < -0.39 is 0 Å². The maximum atomic E-state index is 11.5. The van der Waals surface area contributed by atoms with Crippen molar-refractivity contribution in [1.82, 2.24) is 0 Å². The number of rotatable bonds is 1. The summed E-state index contributed by atoms with van der Waals surface area (Å²) in [5.41, 5.74) is 2.30. The quantitative estimate of drug-likeness (QED) is 0.393. The second kappa shape index (κ2) is 7.77. The van der Waals surface area contributed by atoms with Gasteiger partial charge in [-0.1, -0.05) is 47.1 Å².